The molecule has 1 aliphatic heterocycles. The molecular weight excluding hydrogens is 390 g/mol. The van der Waals surface area contributed by atoms with Crippen LogP contribution in [0.15, 0.2) is 6.20 Å². The monoisotopic (exact) mass is 413 g/mol. The van der Waals surface area contributed by atoms with Gasteiger partial charge in [-0.3, -0.25) is 14.4 Å². The molecule has 0 saturated carbocycles. The van der Waals surface area contributed by atoms with Crippen molar-refractivity contribution in [3.63, 3.8) is 0 Å². The Bertz CT molecular complexity index is 763. The van der Waals surface area contributed by atoms with E-state index >= 15 is 0 Å². The molecule has 0 aromatic carbocycles. The van der Waals surface area contributed by atoms with Gasteiger partial charge in [-0.1, -0.05) is 5.21 Å². The first-order valence-electron chi connectivity index (χ1n) is 8.91. The van der Waals surface area contributed by atoms with E-state index < -0.39 is 48.3 Å². The number of ether oxygens (including phenoxy) is 5. The molecule has 1 fully saturated rings. The maximum Gasteiger partial charge on any atom is 0.360 e. The lowest BCUT2D eigenvalue weighted by atomic mass is 10.1. The average Bonchev–Trinajstić information content (AvgIpc) is 3.20. The van der Waals surface area contributed by atoms with E-state index in [1.54, 1.807) is 6.92 Å². The van der Waals surface area contributed by atoms with E-state index in [0.29, 0.717) is 0 Å². The Morgan fingerprint density at radius 1 is 1.00 bits per heavy atom. The lowest BCUT2D eigenvalue weighted by molar-refractivity contribution is -0.165. The van der Waals surface area contributed by atoms with Crippen LogP contribution >= 0.6 is 0 Å². The average molecular weight is 413 g/mol. The predicted octanol–water partition coefficient (Wildman–Crippen LogP) is -0.351. The van der Waals surface area contributed by atoms with Gasteiger partial charge in [0.1, 0.15) is 18.8 Å². The maximum atomic E-state index is 11.7. The second-order valence-electron chi connectivity index (χ2n) is 6.21. The summed E-state index contributed by atoms with van der Waals surface area (Å²) in [6, 6.07) is 0. The van der Waals surface area contributed by atoms with Gasteiger partial charge in [-0.05, 0) is 6.92 Å². The second kappa shape index (κ2) is 9.96. The van der Waals surface area contributed by atoms with Crippen molar-refractivity contribution in [3.8, 4) is 0 Å². The van der Waals surface area contributed by atoms with Crippen molar-refractivity contribution in [3.05, 3.63) is 11.9 Å². The molecule has 0 spiro atoms. The molecule has 29 heavy (non-hydrogen) atoms. The molecule has 2 rings (SSSR count). The van der Waals surface area contributed by atoms with E-state index in [-0.39, 0.29) is 25.5 Å². The van der Waals surface area contributed by atoms with Crippen LogP contribution in [0.2, 0.25) is 0 Å². The van der Waals surface area contributed by atoms with Gasteiger partial charge in [0.05, 0.1) is 19.3 Å². The molecule has 0 unspecified atom stereocenters. The van der Waals surface area contributed by atoms with Crippen LogP contribution in [0.25, 0.3) is 0 Å². The highest BCUT2D eigenvalue weighted by molar-refractivity contribution is 5.86. The SMILES string of the molecule is CCOC(=O)c1cn(C[C@@H]2O[C@H](COC(C)=O)[C@@H](OC(C)=O)[C@@H]2OC(C)=O)nn1. The van der Waals surface area contributed by atoms with Crippen molar-refractivity contribution >= 4 is 23.9 Å². The van der Waals surface area contributed by atoms with Crippen molar-refractivity contribution in [2.24, 2.45) is 0 Å². The molecule has 160 valence electrons. The topological polar surface area (TPSA) is 145 Å². The van der Waals surface area contributed by atoms with Gasteiger partial charge in [-0.15, -0.1) is 5.10 Å². The summed E-state index contributed by atoms with van der Waals surface area (Å²) >= 11 is 0. The first-order valence-corrected chi connectivity index (χ1v) is 8.91. The summed E-state index contributed by atoms with van der Waals surface area (Å²) in [5, 5.41) is 7.56. The van der Waals surface area contributed by atoms with Gasteiger partial charge in [0, 0.05) is 20.8 Å². The minimum absolute atomic E-state index is 0.00174. The number of carbonyl (C=O) groups excluding carboxylic acids is 4. The summed E-state index contributed by atoms with van der Waals surface area (Å²) in [6.45, 7) is 5.30. The van der Waals surface area contributed by atoms with Crippen molar-refractivity contribution in [2.75, 3.05) is 13.2 Å². The van der Waals surface area contributed by atoms with E-state index in [4.69, 9.17) is 23.7 Å². The number of nitrogens with zero attached hydrogens (tertiary/aromatic N) is 3. The zero-order chi connectivity index (χ0) is 21.6. The van der Waals surface area contributed by atoms with Crippen LogP contribution in [0.3, 0.4) is 0 Å². The summed E-state index contributed by atoms with van der Waals surface area (Å²) < 4.78 is 27.5. The quantitative estimate of drug-likeness (QED) is 0.407. The van der Waals surface area contributed by atoms with Gasteiger partial charge in [-0.2, -0.15) is 0 Å². The Morgan fingerprint density at radius 3 is 2.17 bits per heavy atom. The summed E-state index contributed by atoms with van der Waals surface area (Å²) in [5.74, 6) is -2.40. The van der Waals surface area contributed by atoms with Crippen LogP contribution in [-0.2, 0) is 44.6 Å². The fraction of sp³-hybridized carbons (Fsp3) is 0.647. The van der Waals surface area contributed by atoms with Crippen LogP contribution in [0.1, 0.15) is 38.2 Å². The normalized spacial score (nSPS) is 23.3. The van der Waals surface area contributed by atoms with Gasteiger partial charge in [-0.25, -0.2) is 9.48 Å². The number of aromatic nitrogens is 3. The number of hydrogen-bond acceptors (Lipinski definition) is 11. The molecule has 4 atom stereocenters. The van der Waals surface area contributed by atoms with E-state index in [1.807, 2.05) is 0 Å². The Morgan fingerprint density at radius 2 is 1.62 bits per heavy atom. The van der Waals surface area contributed by atoms with E-state index in [1.165, 1.54) is 31.6 Å². The Balaban J connectivity index is 2.20. The molecular formula is C17H23N3O9. The lowest BCUT2D eigenvalue weighted by Crippen LogP contribution is -2.42. The molecule has 0 radical (unpaired) electrons. The molecule has 0 aliphatic carbocycles. The third kappa shape index (κ3) is 6.24. The van der Waals surface area contributed by atoms with Crippen LogP contribution < -0.4 is 0 Å². The third-order valence-electron chi connectivity index (χ3n) is 3.85. The van der Waals surface area contributed by atoms with E-state index in [0.717, 1.165) is 0 Å². The molecule has 0 amide bonds. The molecule has 1 aliphatic rings. The first-order chi connectivity index (χ1) is 13.7. The highest BCUT2D eigenvalue weighted by atomic mass is 16.6. The van der Waals surface area contributed by atoms with Crippen molar-refractivity contribution in [1.29, 1.82) is 0 Å². The fourth-order valence-electron chi connectivity index (χ4n) is 2.82. The number of esters is 4. The number of carbonyl (C=O) groups is 4. The highest BCUT2D eigenvalue weighted by Crippen LogP contribution is 2.28. The number of rotatable bonds is 8. The predicted molar refractivity (Wildman–Crippen MR) is 92.4 cm³/mol. The minimum atomic E-state index is -0.992. The summed E-state index contributed by atoms with van der Waals surface area (Å²) in [6.07, 6.45) is -2.28. The summed E-state index contributed by atoms with van der Waals surface area (Å²) in [5.41, 5.74) is 0.00174. The largest absolute Gasteiger partial charge is 0.463 e. The van der Waals surface area contributed by atoms with Crippen LogP contribution in [0.5, 0.6) is 0 Å². The lowest BCUT2D eigenvalue weighted by Gasteiger charge is -2.23. The molecule has 1 aromatic rings. The van der Waals surface area contributed by atoms with E-state index in [9.17, 15) is 19.2 Å². The zero-order valence-corrected chi connectivity index (χ0v) is 16.5. The zero-order valence-electron chi connectivity index (χ0n) is 16.5. The maximum absolute atomic E-state index is 11.7. The highest BCUT2D eigenvalue weighted by Gasteiger charge is 2.49. The van der Waals surface area contributed by atoms with Crippen molar-refractivity contribution < 1.29 is 42.9 Å². The van der Waals surface area contributed by atoms with Crippen LogP contribution in [0.4, 0.5) is 0 Å². The van der Waals surface area contributed by atoms with Crippen molar-refractivity contribution in [1.82, 2.24) is 15.0 Å². The molecule has 1 saturated heterocycles. The third-order valence-corrected chi connectivity index (χ3v) is 3.85. The van der Waals surface area contributed by atoms with Crippen LogP contribution in [-0.4, -0.2) is 76.5 Å². The summed E-state index contributed by atoms with van der Waals surface area (Å²) in [7, 11) is 0. The minimum Gasteiger partial charge on any atom is -0.463 e. The van der Waals surface area contributed by atoms with Gasteiger partial charge in [0.15, 0.2) is 17.9 Å². The molecule has 12 heteroatoms. The first kappa shape index (κ1) is 22.3. The van der Waals surface area contributed by atoms with Gasteiger partial charge in [0.25, 0.3) is 0 Å². The van der Waals surface area contributed by atoms with Gasteiger partial charge < -0.3 is 23.7 Å². The Kier molecular flexibility index (Phi) is 7.65. The van der Waals surface area contributed by atoms with Crippen molar-refractivity contribution in [2.45, 2.75) is 58.7 Å². The Labute approximate surface area is 166 Å². The Hall–Kier alpha value is -3.02. The molecule has 1 aromatic heterocycles. The fourth-order valence-corrected chi connectivity index (χ4v) is 2.82. The standard InChI is InChI=1S/C17H23N3O9/c1-5-25-17(24)12-6-20(19-18-12)7-13-15(27-10(3)22)16(28-11(4)23)14(29-13)8-26-9(2)21/h6,13-16H,5,7-8H2,1-4H3/t13-,14+,15+,16+/m0/s1. The second-order valence-corrected chi connectivity index (χ2v) is 6.21. The van der Waals surface area contributed by atoms with E-state index in [2.05, 4.69) is 10.3 Å². The molecule has 12 nitrogen and oxygen atoms in total. The van der Waals surface area contributed by atoms with Crippen LogP contribution in [0, 0.1) is 0 Å². The molecule has 0 bridgehead atoms. The molecule has 0 N–H and O–H groups in total. The van der Waals surface area contributed by atoms with Gasteiger partial charge in [0.2, 0.25) is 0 Å². The van der Waals surface area contributed by atoms with Gasteiger partial charge >= 0.3 is 23.9 Å². The smallest absolute Gasteiger partial charge is 0.360 e. The summed E-state index contributed by atoms with van der Waals surface area (Å²) in [4.78, 5) is 46.0. The number of hydrogen-bond donors (Lipinski definition) is 0. The molecule has 2 heterocycles.